The Morgan fingerprint density at radius 3 is 1.83 bits per heavy atom. The third-order valence-electron chi connectivity index (χ3n) is 24.3. The van der Waals surface area contributed by atoms with Crippen LogP contribution in [0.25, 0.3) is 0 Å². The summed E-state index contributed by atoms with van der Waals surface area (Å²) >= 11 is 0. The van der Waals surface area contributed by atoms with E-state index in [4.69, 9.17) is 0 Å². The Kier molecular flexibility index (Phi) is 30.7. The van der Waals surface area contributed by atoms with Crippen LogP contribution >= 0.6 is 0 Å². The SMILES string of the molecule is CCCN(C)C(=O)[C@@H]1CC(=O)N(C)[C@@H](CC(F)F)C(=O)N[C@@H]([C@@H](C)CC)C(=O)N(C)CC(=O)N(C)[C@H]2C/C=C\CCN(C2=O)[C@@H](CC2CCC(C(F)(F)F)CC2)C(=O)N(C)CC(=O)N[C@@H](CCC2CC(F)C(C(F)(F)F)C(F)C2)C(=O)N2C[C@@H](C)C[C@H]2C(=O)NC2(CC(C)(C)C2)C(=O)N(C)[C@@H](C2CCCC2)C(=O)N1C. The standard InChI is InChI=1S/C76H116F10N12O12/c1-14-30-90(7)67(105)55-37-59(100)94(11)53(36-57(79)80)64(102)88-62(44(4)15-2)70(108)92(9)40-60(101)93(10)52-23-17-16-20-31-97(69(52)107)56(35-45-24-27-48(28-25-45)75(81,82)83)68(106)91(8)39-58(99)87-51(29-26-46-33-49(77)61(50(78)34-46)76(84,85)86)66(104)98-38-43(3)32-54(98)65(103)89-74(41-73(5,6)42-74)72(110)96(13)63(71(109)95(55)12)47-21-18-19-22-47/h16-17,43-57,61-63H,14-15,18-42H2,1-13H3,(H,87,99)(H,88,102)(H,89,103)/b17-16-/t43-,44-,45?,46?,48?,49?,50?,51-,52-,53-,54-,55-,56-,61?,62-,63-/m0/s1. The molecule has 3 aliphatic heterocycles. The summed E-state index contributed by atoms with van der Waals surface area (Å²) in [5.74, 6) is -19.0. The van der Waals surface area contributed by atoms with E-state index < -0.39 is 248 Å². The quantitative estimate of drug-likeness (QED) is 0.119. The van der Waals surface area contributed by atoms with Crippen LogP contribution < -0.4 is 16.0 Å². The van der Waals surface area contributed by atoms with Crippen LogP contribution in [0.3, 0.4) is 0 Å². The molecule has 0 aromatic carbocycles. The number of carbonyl (C=O) groups excluding carboxylic acids is 12. The van der Waals surface area contributed by atoms with Crippen molar-refractivity contribution >= 4 is 70.9 Å². The van der Waals surface area contributed by atoms with Crippen LogP contribution in [-0.4, -0.2) is 282 Å². The first-order valence-corrected chi connectivity index (χ1v) is 39.0. The number of rotatable bonds is 13. The summed E-state index contributed by atoms with van der Waals surface area (Å²) in [7, 11) is 8.78. The van der Waals surface area contributed by atoms with Gasteiger partial charge in [-0.25, -0.2) is 17.6 Å². The highest BCUT2D eigenvalue weighted by atomic mass is 19.4. The van der Waals surface area contributed by atoms with Crippen molar-refractivity contribution in [1.29, 1.82) is 0 Å². The van der Waals surface area contributed by atoms with Gasteiger partial charge in [0, 0.05) is 75.4 Å². The van der Waals surface area contributed by atoms with Gasteiger partial charge in [-0.1, -0.05) is 73.0 Å². The first-order chi connectivity index (χ1) is 51.3. The number of alkyl halides is 10. The highest BCUT2D eigenvalue weighted by Gasteiger charge is 2.60. The first-order valence-electron chi connectivity index (χ1n) is 39.0. The lowest BCUT2D eigenvalue weighted by molar-refractivity contribution is -0.219. The van der Waals surface area contributed by atoms with E-state index in [1.54, 1.807) is 39.8 Å². The van der Waals surface area contributed by atoms with Crippen LogP contribution in [0.15, 0.2) is 12.2 Å². The molecule has 6 fully saturated rings. The number of nitrogens with zero attached hydrogens (tertiary/aromatic N) is 9. The van der Waals surface area contributed by atoms with Crippen molar-refractivity contribution < 1.29 is 101 Å². The second-order valence-electron chi connectivity index (χ2n) is 33.4. The maximum absolute atomic E-state index is 15.7. The minimum Gasteiger partial charge on any atom is -0.344 e. The number of hydrogen-bond acceptors (Lipinski definition) is 12. The van der Waals surface area contributed by atoms with E-state index in [0.29, 0.717) is 37.0 Å². The van der Waals surface area contributed by atoms with E-state index in [1.807, 2.05) is 13.8 Å². The molecule has 3 heterocycles. The van der Waals surface area contributed by atoms with Gasteiger partial charge in [0.2, 0.25) is 77.3 Å². The second-order valence-corrected chi connectivity index (χ2v) is 33.4. The molecule has 34 heteroatoms. The number of halogens is 10. The van der Waals surface area contributed by atoms with E-state index in [9.17, 15) is 63.9 Å². The monoisotopic (exact) mass is 1580 g/mol. The maximum Gasteiger partial charge on any atom is 0.397 e. The van der Waals surface area contributed by atoms with Crippen LogP contribution in [0.1, 0.15) is 183 Å². The van der Waals surface area contributed by atoms with Crippen molar-refractivity contribution in [2.45, 2.75) is 268 Å². The fourth-order valence-corrected chi connectivity index (χ4v) is 18.0. The number of likely N-dealkylation sites (N-methyl/N-ethyl adjacent to an activating group) is 7. The molecular weight excluding hydrogens is 1460 g/mol. The Labute approximate surface area is 638 Å². The number of nitrogens with one attached hydrogen (secondary N) is 3. The number of carbonyl (C=O) groups is 12. The highest BCUT2D eigenvalue weighted by molar-refractivity contribution is 6.01. The van der Waals surface area contributed by atoms with Gasteiger partial charge in [0.1, 0.15) is 72.1 Å². The summed E-state index contributed by atoms with van der Waals surface area (Å²) < 4.78 is 145. The van der Waals surface area contributed by atoms with Gasteiger partial charge in [-0.2, -0.15) is 26.3 Å². The second kappa shape index (κ2) is 37.5. The van der Waals surface area contributed by atoms with Crippen LogP contribution in [0.5, 0.6) is 0 Å². The lowest BCUT2D eigenvalue weighted by Crippen LogP contribution is -2.71. The Bertz CT molecular complexity index is 3320. The van der Waals surface area contributed by atoms with Gasteiger partial charge < -0.3 is 60.0 Å². The smallest absolute Gasteiger partial charge is 0.344 e. The highest BCUT2D eigenvalue weighted by Crippen LogP contribution is 2.50. The van der Waals surface area contributed by atoms with Gasteiger partial charge in [-0.05, 0) is 144 Å². The van der Waals surface area contributed by atoms with E-state index >= 15 is 37.5 Å². The predicted molar refractivity (Wildman–Crippen MR) is 384 cm³/mol. The largest absolute Gasteiger partial charge is 0.397 e. The lowest BCUT2D eigenvalue weighted by atomic mass is 9.58. The first kappa shape index (κ1) is 89.9. The van der Waals surface area contributed by atoms with Crippen molar-refractivity contribution in [2.75, 3.05) is 82.1 Å². The summed E-state index contributed by atoms with van der Waals surface area (Å²) in [6.07, 6.45) is -17.9. The lowest BCUT2D eigenvalue weighted by Gasteiger charge is -2.54. The number of hydrogen-bond donors (Lipinski definition) is 3. The molecule has 110 heavy (non-hydrogen) atoms. The van der Waals surface area contributed by atoms with Gasteiger partial charge >= 0.3 is 12.4 Å². The Morgan fingerprint density at radius 1 is 0.655 bits per heavy atom. The molecule has 12 atom stereocenters. The van der Waals surface area contributed by atoms with Crippen LogP contribution in [0, 0.1) is 46.8 Å². The van der Waals surface area contributed by atoms with E-state index in [2.05, 4.69) is 16.0 Å². The zero-order valence-corrected chi connectivity index (χ0v) is 65.8. The van der Waals surface area contributed by atoms with Crippen molar-refractivity contribution in [2.24, 2.45) is 46.8 Å². The summed E-state index contributed by atoms with van der Waals surface area (Å²) in [6.45, 7) is 8.49. The molecule has 7 aliphatic rings. The molecule has 7 rings (SSSR count). The molecule has 0 radical (unpaired) electrons. The van der Waals surface area contributed by atoms with Gasteiger partial charge in [0.15, 0.2) is 0 Å². The van der Waals surface area contributed by atoms with Crippen molar-refractivity contribution in [3.63, 3.8) is 0 Å². The summed E-state index contributed by atoms with van der Waals surface area (Å²) in [5.41, 5.74) is -2.41. The molecule has 0 aromatic rings. The molecular formula is C76H116F10N12O12. The minimum absolute atomic E-state index is 0.0143. The predicted octanol–water partition coefficient (Wildman–Crippen LogP) is 7.61. The van der Waals surface area contributed by atoms with Crippen molar-refractivity contribution in [3.8, 4) is 0 Å². The fraction of sp³-hybridized carbons (Fsp3) is 0.816. The Morgan fingerprint density at radius 2 is 1.26 bits per heavy atom. The van der Waals surface area contributed by atoms with Gasteiger partial charge in [-0.15, -0.1) is 0 Å². The molecule has 2 unspecified atom stereocenters. The van der Waals surface area contributed by atoms with E-state index in [-0.39, 0.29) is 96.7 Å². The van der Waals surface area contributed by atoms with Crippen molar-refractivity contribution in [1.82, 2.24) is 60.0 Å². The summed E-state index contributed by atoms with van der Waals surface area (Å²) in [6, 6.07) is -12.7. The number of amides is 12. The van der Waals surface area contributed by atoms with Gasteiger partial charge in [0.25, 0.3) is 0 Å². The molecule has 4 aliphatic carbocycles. The average Bonchev–Trinajstić information content (AvgIpc) is 0.939. The van der Waals surface area contributed by atoms with Crippen LogP contribution in [0.4, 0.5) is 43.9 Å². The Hall–Kier alpha value is -7.32. The Balaban J connectivity index is 1.34. The maximum atomic E-state index is 15.7. The average molecular weight is 1580 g/mol. The third kappa shape index (κ3) is 21.7. The molecule has 2 saturated heterocycles. The molecule has 622 valence electrons. The zero-order chi connectivity index (χ0) is 82.1. The van der Waals surface area contributed by atoms with Gasteiger partial charge in [-0.3, -0.25) is 57.5 Å². The molecule has 4 saturated carbocycles. The minimum atomic E-state index is -5.23. The molecule has 0 aromatic heterocycles. The molecule has 12 amide bonds. The third-order valence-corrected chi connectivity index (χ3v) is 24.3. The summed E-state index contributed by atoms with van der Waals surface area (Å²) in [5, 5.41) is 8.12. The zero-order valence-electron chi connectivity index (χ0n) is 65.8. The van der Waals surface area contributed by atoms with Gasteiger partial charge in [0.05, 0.1) is 25.4 Å². The fourth-order valence-electron chi connectivity index (χ4n) is 18.0. The summed E-state index contributed by atoms with van der Waals surface area (Å²) in [4.78, 5) is 191. The van der Waals surface area contributed by atoms with Crippen LogP contribution in [-0.2, 0) is 57.5 Å². The molecule has 3 N–H and O–H groups in total. The van der Waals surface area contributed by atoms with Crippen molar-refractivity contribution in [3.05, 3.63) is 12.2 Å². The van der Waals surface area contributed by atoms with E-state index in [0.717, 1.165) is 31.5 Å². The van der Waals surface area contributed by atoms with E-state index in [1.165, 1.54) is 57.0 Å². The molecule has 2 bridgehead atoms. The normalized spacial score (nSPS) is 32.1. The number of fused-ring (bicyclic) bond motifs is 3. The van der Waals surface area contributed by atoms with Crippen LogP contribution in [0.2, 0.25) is 0 Å². The molecule has 24 nitrogen and oxygen atoms in total. The topological polar surface area (TPSA) is 270 Å². The molecule has 1 spiro atoms.